The van der Waals surface area contributed by atoms with Gasteiger partial charge in [-0.25, -0.2) is 0 Å². The van der Waals surface area contributed by atoms with Crippen LogP contribution in [0.4, 0.5) is 17.8 Å². The minimum Gasteiger partial charge on any atom is -0.497 e. The molecule has 1 aromatic heterocycles. The van der Waals surface area contributed by atoms with E-state index in [-0.39, 0.29) is 17.6 Å². The van der Waals surface area contributed by atoms with Crippen LogP contribution >= 0.6 is 0 Å². The van der Waals surface area contributed by atoms with Gasteiger partial charge in [-0.2, -0.15) is 15.0 Å². The van der Waals surface area contributed by atoms with Crippen LogP contribution in [0.25, 0.3) is 0 Å². The summed E-state index contributed by atoms with van der Waals surface area (Å²) in [7, 11) is 3.24. The molecule has 11 heteroatoms. The van der Waals surface area contributed by atoms with Crippen molar-refractivity contribution in [1.82, 2.24) is 20.3 Å². The van der Waals surface area contributed by atoms with Gasteiger partial charge in [0.05, 0.1) is 14.2 Å². The molecule has 38 heavy (non-hydrogen) atoms. The lowest BCUT2D eigenvalue weighted by Gasteiger charge is -2.14. The van der Waals surface area contributed by atoms with Crippen molar-refractivity contribution in [3.8, 4) is 11.5 Å². The van der Waals surface area contributed by atoms with Crippen molar-refractivity contribution in [1.29, 1.82) is 0 Å². The van der Waals surface area contributed by atoms with Crippen LogP contribution in [0.1, 0.15) is 37.3 Å². The topological polar surface area (TPSA) is 139 Å². The maximum atomic E-state index is 12.9. The number of hydrogen-bond donors (Lipinski definition) is 4. The molecule has 11 nitrogen and oxygen atoms in total. The zero-order valence-corrected chi connectivity index (χ0v) is 21.8. The predicted octanol–water partition coefficient (Wildman–Crippen LogP) is 3.36. The van der Waals surface area contributed by atoms with Crippen molar-refractivity contribution in [2.24, 2.45) is 5.92 Å². The first-order valence-corrected chi connectivity index (χ1v) is 12.6. The molecule has 4 N–H and O–H groups in total. The van der Waals surface area contributed by atoms with Crippen molar-refractivity contribution in [2.75, 3.05) is 30.2 Å². The summed E-state index contributed by atoms with van der Waals surface area (Å²) in [6.07, 6.45) is 1.35. The normalized spacial score (nSPS) is 16.6. The molecule has 0 saturated carbocycles. The Morgan fingerprint density at radius 3 is 1.76 bits per heavy atom. The summed E-state index contributed by atoms with van der Waals surface area (Å²) in [6, 6.07) is 15.3. The summed E-state index contributed by atoms with van der Waals surface area (Å²) in [4.78, 5) is 38.6. The van der Waals surface area contributed by atoms with E-state index in [1.807, 2.05) is 55.5 Å². The highest BCUT2D eigenvalue weighted by atomic mass is 16.5. The van der Waals surface area contributed by atoms with E-state index in [1.165, 1.54) is 0 Å². The van der Waals surface area contributed by atoms with E-state index >= 15 is 0 Å². The van der Waals surface area contributed by atoms with E-state index in [0.29, 0.717) is 31.4 Å². The quantitative estimate of drug-likeness (QED) is 0.249. The third-order valence-corrected chi connectivity index (χ3v) is 6.21. The van der Waals surface area contributed by atoms with Crippen LogP contribution in [-0.4, -0.2) is 47.0 Å². The number of nitrogens with one attached hydrogen (secondary N) is 4. The Morgan fingerprint density at radius 1 is 0.789 bits per heavy atom. The fraction of sp³-hybridized carbons (Fsp3) is 0.370. The van der Waals surface area contributed by atoms with Crippen LogP contribution < -0.4 is 30.7 Å². The largest absolute Gasteiger partial charge is 0.497 e. The Labute approximate surface area is 221 Å². The number of ketones is 1. The van der Waals surface area contributed by atoms with Gasteiger partial charge in [0.2, 0.25) is 23.8 Å². The summed E-state index contributed by atoms with van der Waals surface area (Å²) in [5, 5.41) is 12.1. The smallest absolute Gasteiger partial charge is 0.232 e. The minimum atomic E-state index is -0.893. The molecule has 2 unspecified atom stereocenters. The average molecular weight is 520 g/mol. The van der Waals surface area contributed by atoms with E-state index in [2.05, 4.69) is 36.2 Å². The van der Waals surface area contributed by atoms with E-state index < -0.39 is 12.1 Å². The van der Waals surface area contributed by atoms with Gasteiger partial charge in [0, 0.05) is 13.1 Å². The fourth-order valence-corrected chi connectivity index (χ4v) is 4.01. The summed E-state index contributed by atoms with van der Waals surface area (Å²) in [5.74, 6) is 1.20. The lowest BCUT2D eigenvalue weighted by atomic mass is 9.99. The fourth-order valence-electron chi connectivity index (χ4n) is 4.01. The number of rotatable bonds is 13. The highest BCUT2D eigenvalue weighted by Gasteiger charge is 2.40. The molecule has 0 radical (unpaired) electrons. The standard InChI is InChI=1S/C27H33N7O4/c1-4-5-6-21-22(35)23(30-24(21)36)31-27-33-25(28-15-17-7-11-19(37-2)12-8-17)32-26(34-27)29-16-18-9-13-20(38-3)14-10-18/h7-14,21,23H,4-6,15-16H2,1-3H3,(H,30,36)(H3,28,29,31,32,33,34). The van der Waals surface area contributed by atoms with Crippen molar-refractivity contribution < 1.29 is 19.1 Å². The van der Waals surface area contributed by atoms with Crippen LogP contribution in [-0.2, 0) is 22.7 Å². The number of methoxy groups -OCH3 is 2. The lowest BCUT2D eigenvalue weighted by Crippen LogP contribution is -2.37. The molecule has 1 fully saturated rings. The Kier molecular flexibility index (Phi) is 8.91. The van der Waals surface area contributed by atoms with Crippen LogP contribution in [0.15, 0.2) is 48.5 Å². The molecule has 200 valence electrons. The zero-order chi connectivity index (χ0) is 26.9. The molecule has 2 heterocycles. The number of unbranched alkanes of at least 4 members (excludes halogenated alkanes) is 1. The molecule has 0 aliphatic carbocycles. The van der Waals surface area contributed by atoms with Gasteiger partial charge >= 0.3 is 0 Å². The van der Waals surface area contributed by atoms with Crippen molar-refractivity contribution >= 4 is 29.5 Å². The molecule has 4 rings (SSSR count). The van der Waals surface area contributed by atoms with Gasteiger partial charge in [0.25, 0.3) is 0 Å². The number of benzene rings is 2. The van der Waals surface area contributed by atoms with Crippen LogP contribution in [0, 0.1) is 5.92 Å². The van der Waals surface area contributed by atoms with Gasteiger partial charge in [0.1, 0.15) is 17.4 Å². The molecule has 3 aromatic rings. The monoisotopic (exact) mass is 519 g/mol. The highest BCUT2D eigenvalue weighted by Crippen LogP contribution is 2.20. The minimum absolute atomic E-state index is 0.171. The number of nitrogens with zero attached hydrogens (tertiary/aromatic N) is 3. The van der Waals surface area contributed by atoms with E-state index in [1.54, 1.807) is 14.2 Å². The SMILES string of the molecule is CCCCC1C(=O)NC(Nc2nc(NCc3ccc(OC)cc3)nc(NCc3ccc(OC)cc3)n2)C1=O. The average Bonchev–Trinajstić information content (AvgIpc) is 3.21. The lowest BCUT2D eigenvalue weighted by molar-refractivity contribution is -0.128. The Hall–Kier alpha value is -4.41. The first-order chi connectivity index (χ1) is 18.5. The van der Waals surface area contributed by atoms with Gasteiger partial charge in [-0.15, -0.1) is 0 Å². The second-order valence-corrected chi connectivity index (χ2v) is 8.89. The highest BCUT2D eigenvalue weighted by molar-refractivity contribution is 6.11. The Bertz CT molecular complexity index is 1170. The molecule has 1 aliphatic rings. The Morgan fingerprint density at radius 2 is 1.29 bits per heavy atom. The summed E-state index contributed by atoms with van der Waals surface area (Å²) >= 11 is 0. The first kappa shape index (κ1) is 26.6. The third-order valence-electron chi connectivity index (χ3n) is 6.21. The third kappa shape index (κ3) is 6.87. The number of ether oxygens (including phenoxy) is 2. The van der Waals surface area contributed by atoms with Gasteiger partial charge < -0.3 is 30.7 Å². The molecule has 1 aliphatic heterocycles. The molecule has 1 amide bonds. The van der Waals surface area contributed by atoms with E-state index in [4.69, 9.17) is 9.47 Å². The summed E-state index contributed by atoms with van der Waals surface area (Å²) in [6.45, 7) is 2.95. The second-order valence-electron chi connectivity index (χ2n) is 8.89. The van der Waals surface area contributed by atoms with Gasteiger partial charge in [-0.1, -0.05) is 44.0 Å². The van der Waals surface area contributed by atoms with Gasteiger partial charge in [-0.05, 0) is 41.8 Å². The van der Waals surface area contributed by atoms with E-state index in [9.17, 15) is 9.59 Å². The number of hydrogen-bond acceptors (Lipinski definition) is 10. The predicted molar refractivity (Wildman–Crippen MR) is 144 cm³/mol. The van der Waals surface area contributed by atoms with Crippen molar-refractivity contribution in [3.63, 3.8) is 0 Å². The van der Waals surface area contributed by atoms with Crippen LogP contribution in [0.5, 0.6) is 11.5 Å². The number of carbonyl (C=O) groups excluding carboxylic acids is 2. The van der Waals surface area contributed by atoms with Crippen LogP contribution in [0.2, 0.25) is 0 Å². The van der Waals surface area contributed by atoms with Crippen LogP contribution in [0.3, 0.4) is 0 Å². The second kappa shape index (κ2) is 12.7. The number of carbonyl (C=O) groups is 2. The summed E-state index contributed by atoms with van der Waals surface area (Å²) < 4.78 is 10.4. The maximum absolute atomic E-state index is 12.9. The molecule has 2 aromatic carbocycles. The van der Waals surface area contributed by atoms with Crippen molar-refractivity contribution in [3.05, 3.63) is 59.7 Å². The number of Topliss-reactive ketones (excluding diaryl/α,β-unsaturated/α-hetero) is 1. The first-order valence-electron chi connectivity index (χ1n) is 12.6. The van der Waals surface area contributed by atoms with Gasteiger partial charge in [-0.3, -0.25) is 9.59 Å². The molecule has 0 spiro atoms. The molecule has 2 atom stereocenters. The molecule has 0 bridgehead atoms. The number of aromatic nitrogens is 3. The number of amides is 1. The molecular formula is C27H33N7O4. The Balaban J connectivity index is 1.50. The maximum Gasteiger partial charge on any atom is 0.232 e. The van der Waals surface area contributed by atoms with Gasteiger partial charge in [0.15, 0.2) is 11.9 Å². The zero-order valence-electron chi connectivity index (χ0n) is 21.8. The number of anilines is 3. The molecule has 1 saturated heterocycles. The van der Waals surface area contributed by atoms with E-state index in [0.717, 1.165) is 35.5 Å². The molecular weight excluding hydrogens is 486 g/mol. The van der Waals surface area contributed by atoms with Crippen molar-refractivity contribution in [2.45, 2.75) is 45.4 Å². The summed E-state index contributed by atoms with van der Waals surface area (Å²) in [5.41, 5.74) is 2.01.